The summed E-state index contributed by atoms with van der Waals surface area (Å²) in [6.07, 6.45) is 4.82. The molecule has 3 amide bonds. The second kappa shape index (κ2) is 8.98. The Bertz CT molecular complexity index is 835. The van der Waals surface area contributed by atoms with Gasteiger partial charge in [-0.2, -0.15) is 0 Å². The number of aromatic nitrogens is 1. The third kappa shape index (κ3) is 5.29. The van der Waals surface area contributed by atoms with E-state index in [9.17, 15) is 14.4 Å². The normalized spacial score (nSPS) is 12.8. The molecule has 8 nitrogen and oxygen atoms in total. The number of rotatable bonds is 8. The molecule has 3 rings (SSSR count). The van der Waals surface area contributed by atoms with E-state index < -0.39 is 0 Å². The summed E-state index contributed by atoms with van der Waals surface area (Å²) >= 11 is 0. The molecule has 1 fully saturated rings. The van der Waals surface area contributed by atoms with E-state index in [1.807, 2.05) is 0 Å². The number of anilines is 1. The number of hydrogen-bond acceptors (Lipinski definition) is 5. The molecule has 1 aromatic carbocycles. The van der Waals surface area contributed by atoms with Crippen molar-refractivity contribution in [2.75, 3.05) is 25.5 Å². The highest BCUT2D eigenvalue weighted by Gasteiger charge is 2.34. The molecule has 0 radical (unpaired) electrons. The highest BCUT2D eigenvalue weighted by atomic mass is 16.5. The van der Waals surface area contributed by atoms with Crippen molar-refractivity contribution >= 4 is 23.4 Å². The third-order valence-corrected chi connectivity index (χ3v) is 4.29. The first kappa shape index (κ1) is 19.3. The molecule has 0 atom stereocenters. The van der Waals surface area contributed by atoms with Gasteiger partial charge in [-0.1, -0.05) is 0 Å². The number of pyridine rings is 1. The summed E-state index contributed by atoms with van der Waals surface area (Å²) in [5.74, 6) is -0.276. The quantitative estimate of drug-likeness (QED) is 0.720. The molecule has 1 heterocycles. The number of benzene rings is 1. The minimum Gasteiger partial charge on any atom is -0.497 e. The van der Waals surface area contributed by atoms with Gasteiger partial charge in [-0.25, -0.2) is 0 Å². The molecule has 0 saturated heterocycles. The van der Waals surface area contributed by atoms with E-state index in [-0.39, 0.29) is 36.9 Å². The minimum absolute atomic E-state index is 0.0616. The SMILES string of the molecule is COc1ccc(NC(=O)CNC(=O)CN(C(=O)c2cccnc2)C2CC2)cc1. The first-order valence-corrected chi connectivity index (χ1v) is 8.98. The van der Waals surface area contributed by atoms with E-state index in [2.05, 4.69) is 15.6 Å². The van der Waals surface area contributed by atoms with Crippen LogP contribution in [0.25, 0.3) is 0 Å². The number of nitrogens with zero attached hydrogens (tertiary/aromatic N) is 2. The molecule has 1 aromatic heterocycles. The van der Waals surface area contributed by atoms with Gasteiger partial charge in [-0.3, -0.25) is 19.4 Å². The van der Waals surface area contributed by atoms with Gasteiger partial charge in [0.1, 0.15) is 12.3 Å². The van der Waals surface area contributed by atoms with Gasteiger partial charge in [-0.05, 0) is 49.2 Å². The van der Waals surface area contributed by atoms with Crippen LogP contribution in [-0.2, 0) is 9.59 Å². The third-order valence-electron chi connectivity index (χ3n) is 4.29. The van der Waals surface area contributed by atoms with Crippen LogP contribution < -0.4 is 15.4 Å². The van der Waals surface area contributed by atoms with Gasteiger partial charge in [0.25, 0.3) is 5.91 Å². The van der Waals surface area contributed by atoms with Crippen LogP contribution in [0, 0.1) is 0 Å². The van der Waals surface area contributed by atoms with Crippen molar-refractivity contribution in [1.82, 2.24) is 15.2 Å². The van der Waals surface area contributed by atoms with Crippen molar-refractivity contribution in [3.8, 4) is 5.75 Å². The molecule has 2 aromatic rings. The van der Waals surface area contributed by atoms with Crippen LogP contribution in [0.4, 0.5) is 5.69 Å². The molecule has 1 aliphatic carbocycles. The van der Waals surface area contributed by atoms with Gasteiger partial charge in [0.2, 0.25) is 11.8 Å². The lowest BCUT2D eigenvalue weighted by atomic mass is 10.2. The lowest BCUT2D eigenvalue weighted by molar-refractivity contribution is -0.124. The summed E-state index contributed by atoms with van der Waals surface area (Å²) in [6, 6.07) is 10.3. The molecule has 0 unspecified atom stereocenters. The van der Waals surface area contributed by atoms with Gasteiger partial charge >= 0.3 is 0 Å². The molecule has 2 N–H and O–H groups in total. The molecular weight excluding hydrogens is 360 g/mol. The number of ether oxygens (including phenoxy) is 1. The Kier molecular flexibility index (Phi) is 6.21. The van der Waals surface area contributed by atoms with Gasteiger partial charge in [0.15, 0.2) is 0 Å². The van der Waals surface area contributed by atoms with E-state index in [0.717, 1.165) is 12.8 Å². The molecule has 0 spiro atoms. The van der Waals surface area contributed by atoms with Crippen LogP contribution in [0.5, 0.6) is 5.75 Å². The van der Waals surface area contributed by atoms with E-state index >= 15 is 0 Å². The second-order valence-corrected chi connectivity index (χ2v) is 6.46. The predicted octanol–water partition coefficient (Wildman–Crippen LogP) is 1.45. The van der Waals surface area contributed by atoms with Crippen LogP contribution >= 0.6 is 0 Å². The predicted molar refractivity (Wildman–Crippen MR) is 103 cm³/mol. The highest BCUT2D eigenvalue weighted by Crippen LogP contribution is 2.27. The Labute approximate surface area is 162 Å². The molecule has 28 heavy (non-hydrogen) atoms. The van der Waals surface area contributed by atoms with Crippen LogP contribution in [0.15, 0.2) is 48.8 Å². The average Bonchev–Trinajstić information content (AvgIpc) is 3.56. The van der Waals surface area contributed by atoms with Gasteiger partial charge < -0.3 is 20.3 Å². The number of hydrogen-bond donors (Lipinski definition) is 2. The number of carbonyl (C=O) groups is 3. The zero-order valence-electron chi connectivity index (χ0n) is 15.6. The summed E-state index contributed by atoms with van der Waals surface area (Å²) in [6.45, 7) is -0.265. The zero-order chi connectivity index (χ0) is 19.9. The summed E-state index contributed by atoms with van der Waals surface area (Å²) in [5, 5.41) is 5.25. The van der Waals surface area contributed by atoms with E-state index in [4.69, 9.17) is 4.74 Å². The fourth-order valence-corrected chi connectivity index (χ4v) is 2.68. The zero-order valence-corrected chi connectivity index (χ0v) is 15.6. The topological polar surface area (TPSA) is 101 Å². The van der Waals surface area contributed by atoms with Crippen molar-refractivity contribution in [1.29, 1.82) is 0 Å². The first-order chi connectivity index (χ1) is 13.6. The van der Waals surface area contributed by atoms with E-state index in [1.165, 1.54) is 11.1 Å². The second-order valence-electron chi connectivity index (χ2n) is 6.46. The summed E-state index contributed by atoms with van der Waals surface area (Å²) < 4.78 is 5.06. The summed E-state index contributed by atoms with van der Waals surface area (Å²) in [7, 11) is 1.56. The Morgan fingerprint density at radius 2 is 1.89 bits per heavy atom. The van der Waals surface area contributed by atoms with Crippen LogP contribution in [0.1, 0.15) is 23.2 Å². The van der Waals surface area contributed by atoms with Crippen LogP contribution in [-0.4, -0.2) is 53.8 Å². The largest absolute Gasteiger partial charge is 0.497 e. The van der Waals surface area contributed by atoms with Gasteiger partial charge in [0.05, 0.1) is 19.2 Å². The Hall–Kier alpha value is -3.42. The maximum atomic E-state index is 12.6. The van der Waals surface area contributed by atoms with Crippen molar-refractivity contribution in [2.45, 2.75) is 18.9 Å². The molecule has 1 saturated carbocycles. The van der Waals surface area contributed by atoms with Crippen molar-refractivity contribution in [3.05, 3.63) is 54.4 Å². The summed E-state index contributed by atoms with van der Waals surface area (Å²) in [4.78, 5) is 42.4. The standard InChI is InChI=1S/C20H22N4O4/c1-28-17-8-4-15(5-9-17)23-18(25)12-22-19(26)13-24(16-6-7-16)20(27)14-3-2-10-21-11-14/h2-5,8-11,16H,6-7,12-13H2,1H3,(H,22,26)(H,23,25). The van der Waals surface area contributed by atoms with E-state index in [1.54, 1.807) is 49.7 Å². The lowest BCUT2D eigenvalue weighted by Crippen LogP contribution is -2.43. The number of carbonyl (C=O) groups excluding carboxylic acids is 3. The van der Waals surface area contributed by atoms with Crippen molar-refractivity contribution in [3.63, 3.8) is 0 Å². The maximum absolute atomic E-state index is 12.6. The van der Waals surface area contributed by atoms with Crippen molar-refractivity contribution in [2.24, 2.45) is 0 Å². The van der Waals surface area contributed by atoms with Crippen LogP contribution in [0.2, 0.25) is 0 Å². The van der Waals surface area contributed by atoms with Gasteiger partial charge in [-0.15, -0.1) is 0 Å². The van der Waals surface area contributed by atoms with E-state index in [0.29, 0.717) is 17.0 Å². The Morgan fingerprint density at radius 3 is 2.50 bits per heavy atom. The molecule has 1 aliphatic rings. The minimum atomic E-state index is -0.381. The molecule has 8 heteroatoms. The van der Waals surface area contributed by atoms with Gasteiger partial charge in [0, 0.05) is 24.1 Å². The van der Waals surface area contributed by atoms with Crippen LogP contribution in [0.3, 0.4) is 0 Å². The molecular formula is C20H22N4O4. The Morgan fingerprint density at radius 1 is 1.14 bits per heavy atom. The maximum Gasteiger partial charge on any atom is 0.256 e. The fourth-order valence-electron chi connectivity index (χ4n) is 2.68. The monoisotopic (exact) mass is 382 g/mol. The fraction of sp³-hybridized carbons (Fsp3) is 0.300. The first-order valence-electron chi connectivity index (χ1n) is 8.98. The number of methoxy groups -OCH3 is 1. The smallest absolute Gasteiger partial charge is 0.256 e. The Balaban J connectivity index is 1.49. The number of amides is 3. The lowest BCUT2D eigenvalue weighted by Gasteiger charge is -2.21. The van der Waals surface area contributed by atoms with Crippen molar-refractivity contribution < 1.29 is 19.1 Å². The molecule has 0 aliphatic heterocycles. The molecule has 146 valence electrons. The summed E-state index contributed by atoms with van der Waals surface area (Å²) in [5.41, 5.74) is 1.05. The number of nitrogens with one attached hydrogen (secondary N) is 2. The highest BCUT2D eigenvalue weighted by molar-refractivity contribution is 5.98. The average molecular weight is 382 g/mol. The molecule has 0 bridgehead atoms.